The highest BCUT2D eigenvalue weighted by Crippen LogP contribution is 2.23. The summed E-state index contributed by atoms with van der Waals surface area (Å²) in [6.07, 6.45) is 3.13. The second-order valence-electron chi connectivity index (χ2n) is 4.67. The molecule has 0 bridgehead atoms. The van der Waals surface area contributed by atoms with Gasteiger partial charge in [-0.2, -0.15) is 5.10 Å². The van der Waals surface area contributed by atoms with Gasteiger partial charge in [-0.3, -0.25) is 9.48 Å². The van der Waals surface area contributed by atoms with Gasteiger partial charge in [-0.05, 0) is 37.6 Å². The normalized spacial score (nSPS) is 11.1. The number of amides is 1. The van der Waals surface area contributed by atoms with Gasteiger partial charge in [0.05, 0.1) is 27.1 Å². The van der Waals surface area contributed by atoms with E-state index in [2.05, 4.69) is 10.4 Å². The highest BCUT2D eigenvalue weighted by Gasteiger charge is 2.10. The largest absolute Gasteiger partial charge is 0.319 e. The Morgan fingerprint density at radius 1 is 1.29 bits per heavy atom. The highest BCUT2D eigenvalue weighted by atomic mass is 35.5. The van der Waals surface area contributed by atoms with E-state index in [9.17, 15) is 4.79 Å². The molecule has 0 aliphatic heterocycles. The molecule has 0 unspecified atom stereocenters. The monoisotopic (exact) mass is 323 g/mol. The highest BCUT2D eigenvalue weighted by molar-refractivity contribution is 6.42. The predicted octanol–water partition coefficient (Wildman–Crippen LogP) is 4.00. The molecule has 1 amide bonds. The maximum Gasteiger partial charge on any atom is 0.248 e. The van der Waals surface area contributed by atoms with Crippen molar-refractivity contribution >= 4 is 40.9 Å². The van der Waals surface area contributed by atoms with Crippen LogP contribution in [0.4, 0.5) is 5.69 Å². The summed E-state index contributed by atoms with van der Waals surface area (Å²) >= 11 is 11.8. The summed E-state index contributed by atoms with van der Waals surface area (Å²) < 4.78 is 1.73. The fourth-order valence-electron chi connectivity index (χ4n) is 1.91. The number of aryl methyl sites for hydroxylation is 2. The first kappa shape index (κ1) is 15.6. The van der Waals surface area contributed by atoms with Crippen LogP contribution in [-0.2, 0) is 11.8 Å². The first-order valence-corrected chi connectivity index (χ1v) is 7.08. The summed E-state index contributed by atoms with van der Waals surface area (Å²) in [7, 11) is 1.84. The smallest absolute Gasteiger partial charge is 0.248 e. The summed E-state index contributed by atoms with van der Waals surface area (Å²) in [5.41, 5.74) is 3.23. The second-order valence-corrected chi connectivity index (χ2v) is 5.48. The minimum absolute atomic E-state index is 0.222. The van der Waals surface area contributed by atoms with Crippen LogP contribution >= 0.6 is 23.2 Å². The van der Waals surface area contributed by atoms with E-state index in [1.165, 1.54) is 6.08 Å². The number of nitrogens with zero attached hydrogens (tertiary/aromatic N) is 2. The lowest BCUT2D eigenvalue weighted by molar-refractivity contribution is -0.111. The van der Waals surface area contributed by atoms with Gasteiger partial charge in [0.2, 0.25) is 5.91 Å². The van der Waals surface area contributed by atoms with Gasteiger partial charge >= 0.3 is 0 Å². The fourth-order valence-corrected chi connectivity index (χ4v) is 2.21. The Bertz CT molecular complexity index is 720. The number of nitrogens with one attached hydrogen (secondary N) is 1. The number of aromatic nitrogens is 2. The zero-order chi connectivity index (χ0) is 15.6. The molecule has 0 saturated carbocycles. The van der Waals surface area contributed by atoms with Crippen LogP contribution in [-0.4, -0.2) is 15.7 Å². The Balaban J connectivity index is 2.11. The Morgan fingerprint density at radius 3 is 2.57 bits per heavy atom. The van der Waals surface area contributed by atoms with Crippen LogP contribution < -0.4 is 5.32 Å². The number of hydrogen-bond donors (Lipinski definition) is 1. The number of carbonyl (C=O) groups is 1. The van der Waals surface area contributed by atoms with Gasteiger partial charge in [-0.25, -0.2) is 0 Å². The molecule has 0 fully saturated rings. The van der Waals surface area contributed by atoms with Gasteiger partial charge in [0.15, 0.2) is 0 Å². The van der Waals surface area contributed by atoms with Gasteiger partial charge in [0, 0.05) is 13.1 Å². The molecule has 1 N–H and O–H groups in total. The third kappa shape index (κ3) is 3.65. The zero-order valence-corrected chi connectivity index (χ0v) is 13.5. The second kappa shape index (κ2) is 6.33. The quantitative estimate of drug-likeness (QED) is 0.868. The molecule has 0 atom stereocenters. The Kier molecular flexibility index (Phi) is 4.70. The van der Waals surface area contributed by atoms with Crippen LogP contribution in [0, 0.1) is 13.8 Å². The van der Waals surface area contributed by atoms with Crippen LogP contribution in [0.5, 0.6) is 0 Å². The zero-order valence-electron chi connectivity index (χ0n) is 11.9. The number of carbonyl (C=O) groups excluding carboxylic acids is 1. The van der Waals surface area contributed by atoms with E-state index in [0.717, 1.165) is 22.6 Å². The minimum atomic E-state index is -0.222. The van der Waals surface area contributed by atoms with Crippen molar-refractivity contribution in [3.8, 4) is 0 Å². The average molecular weight is 324 g/mol. The van der Waals surface area contributed by atoms with Crippen molar-refractivity contribution in [3.05, 3.63) is 51.3 Å². The Morgan fingerprint density at radius 2 is 2.00 bits per heavy atom. The van der Waals surface area contributed by atoms with E-state index in [0.29, 0.717) is 10.0 Å². The molecule has 6 heteroatoms. The third-order valence-electron chi connectivity index (χ3n) is 3.13. The molecule has 0 radical (unpaired) electrons. The molecule has 2 aromatic rings. The molecule has 0 saturated heterocycles. The van der Waals surface area contributed by atoms with E-state index >= 15 is 0 Å². The summed E-state index contributed by atoms with van der Waals surface area (Å²) in [6, 6.07) is 5.18. The van der Waals surface area contributed by atoms with Crippen LogP contribution in [0.1, 0.15) is 17.0 Å². The number of rotatable bonds is 3. The van der Waals surface area contributed by atoms with Crippen LogP contribution in [0.25, 0.3) is 6.08 Å². The van der Waals surface area contributed by atoms with Gasteiger partial charge in [-0.15, -0.1) is 0 Å². The first-order chi connectivity index (χ1) is 9.88. The molecule has 21 heavy (non-hydrogen) atoms. The molecule has 1 aromatic heterocycles. The predicted molar refractivity (Wildman–Crippen MR) is 86.8 cm³/mol. The Labute approximate surface area is 133 Å². The summed E-state index contributed by atoms with van der Waals surface area (Å²) in [4.78, 5) is 12.0. The van der Waals surface area contributed by atoms with Crippen molar-refractivity contribution in [1.82, 2.24) is 9.78 Å². The number of anilines is 1. The van der Waals surface area contributed by atoms with Gasteiger partial charge < -0.3 is 5.32 Å². The van der Waals surface area contributed by atoms with E-state index < -0.39 is 0 Å². The molecule has 1 aromatic carbocycles. The minimum Gasteiger partial charge on any atom is -0.319 e. The Hall–Kier alpha value is -1.78. The van der Waals surface area contributed by atoms with Crippen molar-refractivity contribution in [3.63, 3.8) is 0 Å². The van der Waals surface area contributed by atoms with E-state index in [4.69, 9.17) is 23.2 Å². The standard InChI is InChI=1S/C15H15Cl2N3O/c1-9-15(10(2)20(3)19-9)18-14(21)7-5-11-4-6-12(16)13(17)8-11/h4-8H,1-3H3,(H,18,21)/b7-5+. The molecule has 4 nitrogen and oxygen atoms in total. The molecule has 0 aliphatic carbocycles. The van der Waals surface area contributed by atoms with Crippen LogP contribution in [0.2, 0.25) is 10.0 Å². The third-order valence-corrected chi connectivity index (χ3v) is 3.87. The lowest BCUT2D eigenvalue weighted by atomic mass is 10.2. The topological polar surface area (TPSA) is 46.9 Å². The van der Waals surface area contributed by atoms with Crippen molar-refractivity contribution in [2.75, 3.05) is 5.32 Å². The van der Waals surface area contributed by atoms with E-state index in [1.54, 1.807) is 29.0 Å². The summed E-state index contributed by atoms with van der Waals surface area (Å²) in [5, 5.41) is 8.02. The maximum atomic E-state index is 12.0. The molecule has 1 heterocycles. The number of benzene rings is 1. The van der Waals surface area contributed by atoms with Gasteiger partial charge in [0.25, 0.3) is 0 Å². The van der Waals surface area contributed by atoms with Crippen molar-refractivity contribution in [1.29, 1.82) is 0 Å². The lowest BCUT2D eigenvalue weighted by Crippen LogP contribution is -2.09. The van der Waals surface area contributed by atoms with Crippen LogP contribution in [0.15, 0.2) is 24.3 Å². The number of halogens is 2. The summed E-state index contributed by atoms with van der Waals surface area (Å²) in [6.45, 7) is 3.75. The van der Waals surface area contributed by atoms with E-state index in [-0.39, 0.29) is 5.91 Å². The summed E-state index contributed by atoms with van der Waals surface area (Å²) in [5.74, 6) is -0.222. The van der Waals surface area contributed by atoms with Crippen molar-refractivity contribution in [2.24, 2.45) is 7.05 Å². The van der Waals surface area contributed by atoms with Crippen molar-refractivity contribution < 1.29 is 4.79 Å². The first-order valence-electron chi connectivity index (χ1n) is 6.33. The molecule has 0 aliphatic rings. The SMILES string of the molecule is Cc1nn(C)c(C)c1NC(=O)/C=C/c1ccc(Cl)c(Cl)c1. The van der Waals surface area contributed by atoms with E-state index in [1.807, 2.05) is 20.9 Å². The molecule has 0 spiro atoms. The number of hydrogen-bond acceptors (Lipinski definition) is 2. The molecular formula is C15H15Cl2N3O. The molecule has 2 rings (SSSR count). The van der Waals surface area contributed by atoms with Crippen molar-refractivity contribution in [2.45, 2.75) is 13.8 Å². The van der Waals surface area contributed by atoms with Crippen LogP contribution in [0.3, 0.4) is 0 Å². The van der Waals surface area contributed by atoms with Gasteiger partial charge in [-0.1, -0.05) is 29.3 Å². The maximum absolute atomic E-state index is 12.0. The average Bonchev–Trinajstić information content (AvgIpc) is 2.67. The van der Waals surface area contributed by atoms with Gasteiger partial charge in [0.1, 0.15) is 0 Å². The molecule has 110 valence electrons. The lowest BCUT2D eigenvalue weighted by Gasteiger charge is -2.02. The fraction of sp³-hybridized carbons (Fsp3) is 0.200. The molecular weight excluding hydrogens is 309 g/mol.